The number of benzene rings is 1. The van der Waals surface area contributed by atoms with E-state index in [1.807, 2.05) is 13.8 Å². The van der Waals surface area contributed by atoms with Crippen LogP contribution >= 0.6 is 0 Å². The van der Waals surface area contributed by atoms with Crippen LogP contribution in [0.3, 0.4) is 0 Å². The van der Waals surface area contributed by atoms with Crippen LogP contribution in [0.15, 0.2) is 18.2 Å². The molecule has 0 radical (unpaired) electrons. The van der Waals surface area contributed by atoms with Crippen LogP contribution in [0.1, 0.15) is 34.6 Å². The Hall–Kier alpha value is -2.04. The molecule has 1 aromatic rings. The lowest BCUT2D eigenvalue weighted by molar-refractivity contribution is 0.0938. The monoisotopic (exact) mass is 235 g/mol. The number of nitrogen functional groups attached to an aromatic ring is 1. The van der Waals surface area contributed by atoms with Crippen molar-refractivity contribution in [1.82, 2.24) is 10.6 Å². The molecule has 0 atom stereocenters. The summed E-state index contributed by atoms with van der Waals surface area (Å²) in [5, 5.41) is 5.24. The minimum atomic E-state index is -0.235. The fraction of sp³-hybridized carbons (Fsp3) is 0.333. The summed E-state index contributed by atoms with van der Waals surface area (Å²) in [5.74, 6) is -0.464. The second-order valence-corrected chi connectivity index (χ2v) is 4.01. The number of hydrogen-bond acceptors (Lipinski definition) is 3. The van der Waals surface area contributed by atoms with Gasteiger partial charge in [-0.15, -0.1) is 0 Å². The number of nitrogens with one attached hydrogen (secondary N) is 2. The van der Waals surface area contributed by atoms with Crippen molar-refractivity contribution in [2.75, 3.05) is 12.8 Å². The van der Waals surface area contributed by atoms with Crippen LogP contribution in [0.2, 0.25) is 0 Å². The van der Waals surface area contributed by atoms with Crippen LogP contribution in [0.5, 0.6) is 0 Å². The van der Waals surface area contributed by atoms with E-state index in [0.717, 1.165) is 0 Å². The number of nitrogens with two attached hydrogens (primary N) is 1. The van der Waals surface area contributed by atoms with Crippen LogP contribution in [-0.4, -0.2) is 24.9 Å². The van der Waals surface area contributed by atoms with Crippen molar-refractivity contribution in [3.05, 3.63) is 29.3 Å². The maximum atomic E-state index is 11.7. The predicted molar refractivity (Wildman–Crippen MR) is 66.8 cm³/mol. The van der Waals surface area contributed by atoms with E-state index in [1.54, 1.807) is 12.1 Å². The lowest BCUT2D eigenvalue weighted by Gasteiger charge is -2.11. The molecule has 0 saturated carbocycles. The number of hydrogen-bond donors (Lipinski definition) is 3. The van der Waals surface area contributed by atoms with Gasteiger partial charge in [-0.25, -0.2) is 0 Å². The minimum Gasteiger partial charge on any atom is -0.398 e. The first-order chi connectivity index (χ1) is 7.95. The quantitative estimate of drug-likeness (QED) is 0.676. The predicted octanol–water partition coefficient (Wildman–Crippen LogP) is 0.767. The van der Waals surface area contributed by atoms with Gasteiger partial charge < -0.3 is 16.4 Å². The number of carbonyl (C=O) groups is 2. The van der Waals surface area contributed by atoms with Crippen LogP contribution < -0.4 is 16.4 Å². The van der Waals surface area contributed by atoms with Gasteiger partial charge in [-0.2, -0.15) is 0 Å². The zero-order valence-corrected chi connectivity index (χ0v) is 10.2. The SMILES string of the molecule is CNC(=O)c1ccc(C(=O)NC(C)C)c(N)c1. The van der Waals surface area contributed by atoms with Crippen molar-refractivity contribution in [2.24, 2.45) is 0 Å². The maximum absolute atomic E-state index is 11.7. The smallest absolute Gasteiger partial charge is 0.253 e. The van der Waals surface area contributed by atoms with Gasteiger partial charge in [-0.1, -0.05) is 0 Å². The highest BCUT2D eigenvalue weighted by Crippen LogP contribution is 2.14. The average Bonchev–Trinajstić information content (AvgIpc) is 2.26. The summed E-state index contributed by atoms with van der Waals surface area (Å²) < 4.78 is 0. The average molecular weight is 235 g/mol. The molecule has 0 fully saturated rings. The van der Waals surface area contributed by atoms with Crippen LogP contribution in [-0.2, 0) is 0 Å². The highest BCUT2D eigenvalue weighted by Gasteiger charge is 2.12. The molecule has 0 aliphatic heterocycles. The summed E-state index contributed by atoms with van der Waals surface area (Å²) in [6, 6.07) is 4.66. The molecule has 92 valence electrons. The fourth-order valence-electron chi connectivity index (χ4n) is 1.40. The fourth-order valence-corrected chi connectivity index (χ4v) is 1.40. The summed E-state index contributed by atoms with van der Waals surface area (Å²) in [4.78, 5) is 23.1. The van der Waals surface area contributed by atoms with Crippen molar-refractivity contribution in [2.45, 2.75) is 19.9 Å². The zero-order chi connectivity index (χ0) is 13.0. The van der Waals surface area contributed by atoms with E-state index in [0.29, 0.717) is 16.8 Å². The summed E-state index contributed by atoms with van der Waals surface area (Å²) in [5.41, 5.74) is 6.86. The van der Waals surface area contributed by atoms with Gasteiger partial charge in [0.15, 0.2) is 0 Å². The Labute approximate surface area is 100 Å². The highest BCUT2D eigenvalue weighted by atomic mass is 16.2. The first kappa shape index (κ1) is 13.0. The Morgan fingerprint density at radius 2 is 1.88 bits per heavy atom. The molecule has 0 saturated heterocycles. The Balaban J connectivity index is 2.97. The van der Waals surface area contributed by atoms with E-state index in [1.165, 1.54) is 13.1 Å². The number of carbonyl (C=O) groups excluding carboxylic acids is 2. The number of anilines is 1. The van der Waals surface area contributed by atoms with E-state index in [2.05, 4.69) is 10.6 Å². The second-order valence-electron chi connectivity index (χ2n) is 4.01. The molecule has 0 bridgehead atoms. The van der Waals surface area contributed by atoms with E-state index in [4.69, 9.17) is 5.73 Å². The van der Waals surface area contributed by atoms with Crippen molar-refractivity contribution in [3.63, 3.8) is 0 Å². The molecular formula is C12H17N3O2. The lowest BCUT2D eigenvalue weighted by Crippen LogP contribution is -2.30. The molecule has 5 nitrogen and oxygen atoms in total. The Morgan fingerprint density at radius 3 is 2.35 bits per heavy atom. The van der Waals surface area contributed by atoms with Gasteiger partial charge in [-0.05, 0) is 32.0 Å². The molecule has 0 heterocycles. The van der Waals surface area contributed by atoms with Crippen LogP contribution in [0.4, 0.5) is 5.69 Å². The normalized spacial score (nSPS) is 10.1. The van der Waals surface area contributed by atoms with Crippen molar-refractivity contribution in [3.8, 4) is 0 Å². The molecule has 17 heavy (non-hydrogen) atoms. The molecule has 0 aliphatic carbocycles. The van der Waals surface area contributed by atoms with Crippen LogP contribution in [0, 0.1) is 0 Å². The summed E-state index contributed by atoms with van der Waals surface area (Å²) in [7, 11) is 1.54. The van der Waals surface area contributed by atoms with Crippen molar-refractivity contribution < 1.29 is 9.59 Å². The Bertz CT molecular complexity index is 441. The van der Waals surface area contributed by atoms with E-state index in [-0.39, 0.29) is 17.9 Å². The minimum absolute atomic E-state index is 0.0421. The molecule has 0 spiro atoms. The van der Waals surface area contributed by atoms with E-state index in [9.17, 15) is 9.59 Å². The molecule has 1 rings (SSSR count). The standard InChI is InChI=1S/C12H17N3O2/c1-7(2)15-12(17)9-5-4-8(6-10(9)13)11(16)14-3/h4-7H,13H2,1-3H3,(H,14,16)(H,15,17). The van der Waals surface area contributed by atoms with Gasteiger partial charge in [0.05, 0.1) is 5.56 Å². The number of rotatable bonds is 3. The first-order valence-electron chi connectivity index (χ1n) is 5.38. The molecule has 4 N–H and O–H groups in total. The molecule has 0 unspecified atom stereocenters. The van der Waals surface area contributed by atoms with Gasteiger partial charge in [0.25, 0.3) is 11.8 Å². The topological polar surface area (TPSA) is 84.2 Å². The largest absolute Gasteiger partial charge is 0.398 e. The lowest BCUT2D eigenvalue weighted by atomic mass is 10.1. The third-order valence-electron chi connectivity index (χ3n) is 2.21. The van der Waals surface area contributed by atoms with Crippen LogP contribution in [0.25, 0.3) is 0 Å². The third kappa shape index (κ3) is 3.21. The second kappa shape index (κ2) is 5.34. The third-order valence-corrected chi connectivity index (χ3v) is 2.21. The van der Waals surface area contributed by atoms with Crippen molar-refractivity contribution >= 4 is 17.5 Å². The van der Waals surface area contributed by atoms with Gasteiger partial charge in [0.1, 0.15) is 0 Å². The maximum Gasteiger partial charge on any atom is 0.253 e. The van der Waals surface area contributed by atoms with E-state index >= 15 is 0 Å². The first-order valence-corrected chi connectivity index (χ1v) is 5.38. The molecule has 1 aromatic carbocycles. The molecular weight excluding hydrogens is 218 g/mol. The summed E-state index contributed by atoms with van der Waals surface area (Å²) in [6.45, 7) is 3.74. The molecule has 2 amide bonds. The van der Waals surface area contributed by atoms with Crippen molar-refractivity contribution in [1.29, 1.82) is 0 Å². The highest BCUT2D eigenvalue weighted by molar-refractivity contribution is 6.02. The van der Waals surface area contributed by atoms with Gasteiger partial charge >= 0.3 is 0 Å². The molecule has 0 aliphatic rings. The van der Waals surface area contributed by atoms with Gasteiger partial charge in [-0.3, -0.25) is 9.59 Å². The molecule has 5 heteroatoms. The Kier molecular flexibility index (Phi) is 4.09. The summed E-state index contributed by atoms with van der Waals surface area (Å²) >= 11 is 0. The Morgan fingerprint density at radius 1 is 1.24 bits per heavy atom. The zero-order valence-electron chi connectivity index (χ0n) is 10.2. The summed E-state index contributed by atoms with van der Waals surface area (Å²) in [6.07, 6.45) is 0. The van der Waals surface area contributed by atoms with Gasteiger partial charge in [0, 0.05) is 24.3 Å². The van der Waals surface area contributed by atoms with Gasteiger partial charge in [0.2, 0.25) is 0 Å². The number of amides is 2. The van der Waals surface area contributed by atoms with E-state index < -0.39 is 0 Å². The molecule has 0 aromatic heterocycles.